The first-order chi connectivity index (χ1) is 11.0. The molecule has 4 heteroatoms. The van der Waals surface area contributed by atoms with E-state index < -0.39 is 28.0 Å². The van der Waals surface area contributed by atoms with Crippen molar-refractivity contribution in [2.75, 3.05) is 0 Å². The van der Waals surface area contributed by atoms with Gasteiger partial charge in [-0.25, -0.2) is 0 Å². The number of ketones is 2. The molecule has 2 atom stereocenters. The summed E-state index contributed by atoms with van der Waals surface area (Å²) in [4.78, 5) is 25.5. The Labute approximate surface area is 142 Å². The number of carbonyl (C=O) groups is 2. The van der Waals surface area contributed by atoms with Gasteiger partial charge in [0.05, 0.1) is 5.60 Å². The van der Waals surface area contributed by atoms with Crippen LogP contribution in [-0.4, -0.2) is 27.4 Å². The molecule has 1 unspecified atom stereocenters. The van der Waals surface area contributed by atoms with E-state index in [-0.39, 0.29) is 22.8 Å². The molecule has 0 aromatic rings. The lowest BCUT2D eigenvalue weighted by Gasteiger charge is -2.58. The van der Waals surface area contributed by atoms with Crippen LogP contribution in [-0.2, 0) is 9.59 Å². The number of rotatable bonds is 1. The molecule has 0 spiro atoms. The zero-order valence-electron chi connectivity index (χ0n) is 15.1. The minimum atomic E-state index is -1.22. The largest absolute Gasteiger partial charge is 0.507 e. The van der Waals surface area contributed by atoms with Crippen LogP contribution in [0.2, 0.25) is 0 Å². The van der Waals surface area contributed by atoms with Crippen molar-refractivity contribution < 1.29 is 19.8 Å². The van der Waals surface area contributed by atoms with E-state index in [0.29, 0.717) is 12.0 Å². The Balaban J connectivity index is 2.30. The van der Waals surface area contributed by atoms with E-state index in [1.807, 2.05) is 20.8 Å². The van der Waals surface area contributed by atoms with Gasteiger partial charge in [-0.2, -0.15) is 0 Å². The normalized spacial score (nSPS) is 35.5. The Kier molecular flexibility index (Phi) is 3.51. The van der Waals surface area contributed by atoms with Gasteiger partial charge in [0.15, 0.2) is 0 Å². The molecule has 1 saturated carbocycles. The van der Waals surface area contributed by atoms with Crippen molar-refractivity contribution in [3.8, 4) is 0 Å². The topological polar surface area (TPSA) is 74.6 Å². The van der Waals surface area contributed by atoms with Gasteiger partial charge >= 0.3 is 0 Å². The quantitative estimate of drug-likeness (QED) is 0.571. The van der Waals surface area contributed by atoms with Gasteiger partial charge in [-0.05, 0) is 24.2 Å². The van der Waals surface area contributed by atoms with E-state index in [2.05, 4.69) is 0 Å². The predicted octanol–water partition coefficient (Wildman–Crippen LogP) is 3.42. The summed E-state index contributed by atoms with van der Waals surface area (Å²) in [5.41, 5.74) is -1.64. The predicted molar refractivity (Wildman–Crippen MR) is 91.4 cm³/mol. The third-order valence-electron chi connectivity index (χ3n) is 6.43. The molecule has 24 heavy (non-hydrogen) atoms. The fourth-order valence-corrected chi connectivity index (χ4v) is 4.92. The summed E-state index contributed by atoms with van der Waals surface area (Å²) in [6, 6.07) is 0. The molecule has 3 aliphatic carbocycles. The molecule has 0 aromatic heterocycles. The molecule has 0 aliphatic heterocycles. The monoisotopic (exact) mass is 330 g/mol. The molecule has 2 N–H and O–H groups in total. The van der Waals surface area contributed by atoms with Crippen LogP contribution in [0.25, 0.3) is 0 Å². The molecular formula is C20H26O4. The van der Waals surface area contributed by atoms with Crippen LogP contribution < -0.4 is 0 Å². The summed E-state index contributed by atoms with van der Waals surface area (Å²) in [7, 11) is 0. The van der Waals surface area contributed by atoms with Crippen molar-refractivity contribution in [2.24, 2.45) is 16.7 Å². The SMILES string of the molecule is CC(C)C1=C(O)C2=C(C(=O)C1=O)[C@@]1(C)CCCC(C)(C)C1(O)C=C2. The smallest absolute Gasteiger partial charge is 0.233 e. The molecule has 3 rings (SSSR count). The average Bonchev–Trinajstić information content (AvgIpc) is 2.46. The Morgan fingerprint density at radius 3 is 2.29 bits per heavy atom. The van der Waals surface area contributed by atoms with Gasteiger partial charge in [-0.3, -0.25) is 9.59 Å². The van der Waals surface area contributed by atoms with Crippen LogP contribution in [0.4, 0.5) is 0 Å². The first kappa shape index (κ1) is 17.2. The minimum absolute atomic E-state index is 0.104. The van der Waals surface area contributed by atoms with Gasteiger partial charge in [0.2, 0.25) is 11.6 Å². The number of Topliss-reactive ketones (excluding diaryl/α,β-unsaturated/α-hetero) is 2. The van der Waals surface area contributed by atoms with Gasteiger partial charge in [-0.1, -0.05) is 53.2 Å². The second-order valence-corrected chi connectivity index (χ2v) is 8.53. The maximum Gasteiger partial charge on any atom is 0.233 e. The second kappa shape index (κ2) is 4.92. The first-order valence-electron chi connectivity index (χ1n) is 8.67. The lowest BCUT2D eigenvalue weighted by Crippen LogP contribution is -2.61. The summed E-state index contributed by atoms with van der Waals surface area (Å²) in [5.74, 6) is -1.55. The molecule has 0 radical (unpaired) electrons. The molecule has 4 nitrogen and oxygen atoms in total. The Morgan fingerprint density at radius 2 is 1.71 bits per heavy atom. The lowest BCUT2D eigenvalue weighted by molar-refractivity contribution is -0.147. The number of aliphatic hydroxyl groups is 2. The van der Waals surface area contributed by atoms with E-state index in [9.17, 15) is 19.8 Å². The second-order valence-electron chi connectivity index (χ2n) is 8.53. The Morgan fingerprint density at radius 1 is 1.08 bits per heavy atom. The Hall–Kier alpha value is -1.68. The van der Waals surface area contributed by atoms with Crippen LogP contribution >= 0.6 is 0 Å². The highest BCUT2D eigenvalue weighted by Gasteiger charge is 2.62. The molecule has 0 saturated heterocycles. The molecule has 0 bridgehead atoms. The summed E-state index contributed by atoms with van der Waals surface area (Å²) in [6.07, 6.45) is 5.67. The fraction of sp³-hybridized carbons (Fsp3) is 0.600. The van der Waals surface area contributed by atoms with Crippen LogP contribution in [0.1, 0.15) is 53.9 Å². The fourth-order valence-electron chi connectivity index (χ4n) is 4.92. The number of allylic oxidation sites excluding steroid dienone is 2. The van der Waals surface area contributed by atoms with E-state index in [1.54, 1.807) is 26.0 Å². The standard InChI is InChI=1S/C20H26O4/c1-11(2)13-15(21)12-7-10-20(24)18(3,4)8-6-9-19(20,5)14(12)17(23)16(13)22/h7,10-11,21,24H,6,8-9H2,1-5H3/t19-,20?/m1/s1. The maximum atomic E-state index is 12.9. The number of hydrogen-bond acceptors (Lipinski definition) is 4. The molecule has 130 valence electrons. The average molecular weight is 330 g/mol. The Bertz CT molecular complexity index is 735. The van der Waals surface area contributed by atoms with Gasteiger partial charge < -0.3 is 10.2 Å². The van der Waals surface area contributed by atoms with Crippen molar-refractivity contribution >= 4 is 11.6 Å². The molecule has 0 heterocycles. The number of aliphatic hydroxyl groups excluding tert-OH is 1. The van der Waals surface area contributed by atoms with Crippen LogP contribution in [0.15, 0.2) is 34.6 Å². The van der Waals surface area contributed by atoms with Crippen molar-refractivity contribution in [1.29, 1.82) is 0 Å². The number of hydrogen-bond donors (Lipinski definition) is 2. The first-order valence-corrected chi connectivity index (χ1v) is 8.67. The zero-order chi connectivity index (χ0) is 18.1. The number of fused-ring (bicyclic) bond motifs is 2. The van der Waals surface area contributed by atoms with Crippen molar-refractivity contribution in [2.45, 2.75) is 59.5 Å². The highest BCUT2D eigenvalue weighted by Crippen LogP contribution is 2.61. The zero-order valence-corrected chi connectivity index (χ0v) is 15.1. The molecule has 0 amide bonds. The van der Waals surface area contributed by atoms with Gasteiger partial charge in [0.25, 0.3) is 0 Å². The third-order valence-corrected chi connectivity index (χ3v) is 6.43. The highest BCUT2D eigenvalue weighted by molar-refractivity contribution is 6.50. The summed E-state index contributed by atoms with van der Waals surface area (Å²) in [5, 5.41) is 22.2. The van der Waals surface area contributed by atoms with Crippen LogP contribution in [0.3, 0.4) is 0 Å². The molecule has 3 aliphatic rings. The molecule has 0 aromatic carbocycles. The number of carbonyl (C=O) groups excluding carboxylic acids is 2. The van der Waals surface area contributed by atoms with Gasteiger partial charge in [0, 0.05) is 22.1 Å². The van der Waals surface area contributed by atoms with Crippen LogP contribution in [0.5, 0.6) is 0 Å². The summed E-state index contributed by atoms with van der Waals surface area (Å²) >= 11 is 0. The summed E-state index contributed by atoms with van der Waals surface area (Å²) in [6.45, 7) is 9.41. The third kappa shape index (κ3) is 1.83. The van der Waals surface area contributed by atoms with Crippen molar-refractivity contribution in [3.63, 3.8) is 0 Å². The molecule has 1 fully saturated rings. The van der Waals surface area contributed by atoms with E-state index >= 15 is 0 Å². The minimum Gasteiger partial charge on any atom is -0.507 e. The van der Waals surface area contributed by atoms with E-state index in [1.165, 1.54) is 0 Å². The highest BCUT2D eigenvalue weighted by atomic mass is 16.3. The lowest BCUT2D eigenvalue weighted by atomic mass is 9.48. The van der Waals surface area contributed by atoms with Crippen molar-refractivity contribution in [1.82, 2.24) is 0 Å². The van der Waals surface area contributed by atoms with E-state index in [0.717, 1.165) is 12.8 Å². The maximum absolute atomic E-state index is 12.9. The van der Waals surface area contributed by atoms with Gasteiger partial charge in [0.1, 0.15) is 5.76 Å². The van der Waals surface area contributed by atoms with Gasteiger partial charge in [-0.15, -0.1) is 0 Å². The van der Waals surface area contributed by atoms with E-state index in [4.69, 9.17) is 0 Å². The molecular weight excluding hydrogens is 304 g/mol. The van der Waals surface area contributed by atoms with Crippen molar-refractivity contribution in [3.05, 3.63) is 34.6 Å². The van der Waals surface area contributed by atoms with Crippen LogP contribution in [0, 0.1) is 16.7 Å². The summed E-state index contributed by atoms with van der Waals surface area (Å²) < 4.78 is 0.